The largest absolute Gasteiger partial charge is 0.465 e. The highest BCUT2D eigenvalue weighted by atomic mass is 35.5. The third-order valence-corrected chi connectivity index (χ3v) is 4.01. The van der Waals surface area contributed by atoms with Crippen molar-refractivity contribution in [3.8, 4) is 11.1 Å². The van der Waals surface area contributed by atoms with Crippen molar-refractivity contribution >= 4 is 29.2 Å². The monoisotopic (exact) mass is 366 g/mol. The number of amides is 1. The van der Waals surface area contributed by atoms with Gasteiger partial charge < -0.3 is 10.1 Å². The van der Waals surface area contributed by atoms with Gasteiger partial charge in [-0.3, -0.25) is 9.78 Å². The Morgan fingerprint density at radius 3 is 2.50 bits per heavy atom. The molecule has 0 bridgehead atoms. The molecule has 0 aliphatic heterocycles. The van der Waals surface area contributed by atoms with E-state index in [1.807, 2.05) is 18.2 Å². The van der Waals surface area contributed by atoms with Crippen molar-refractivity contribution in [3.05, 3.63) is 83.1 Å². The van der Waals surface area contributed by atoms with Gasteiger partial charge in [0.1, 0.15) is 0 Å². The van der Waals surface area contributed by atoms with Crippen LogP contribution in [0.15, 0.2) is 67.0 Å². The summed E-state index contributed by atoms with van der Waals surface area (Å²) in [6.07, 6.45) is 3.39. The van der Waals surface area contributed by atoms with Gasteiger partial charge in [0.05, 0.1) is 18.4 Å². The van der Waals surface area contributed by atoms with Crippen LogP contribution in [0.5, 0.6) is 0 Å². The van der Waals surface area contributed by atoms with E-state index >= 15 is 0 Å². The molecule has 0 aliphatic carbocycles. The number of halogens is 1. The molecule has 0 saturated carbocycles. The van der Waals surface area contributed by atoms with Crippen LogP contribution < -0.4 is 5.32 Å². The number of benzene rings is 2. The number of carbonyl (C=O) groups excluding carboxylic acids is 2. The zero-order valence-electron chi connectivity index (χ0n) is 13.9. The second kappa shape index (κ2) is 7.80. The number of rotatable bonds is 4. The average Bonchev–Trinajstić information content (AvgIpc) is 2.69. The van der Waals surface area contributed by atoms with Crippen LogP contribution in [0.25, 0.3) is 11.1 Å². The number of hydrogen-bond donors (Lipinski definition) is 1. The Hall–Kier alpha value is -3.18. The number of methoxy groups -OCH3 is 1. The first-order valence-electron chi connectivity index (χ1n) is 7.78. The lowest BCUT2D eigenvalue weighted by Crippen LogP contribution is -2.15. The Morgan fingerprint density at radius 1 is 1.00 bits per heavy atom. The fraction of sp³-hybridized carbons (Fsp3) is 0.0500. The van der Waals surface area contributed by atoms with Gasteiger partial charge in [0.2, 0.25) is 0 Å². The number of aromatic nitrogens is 1. The molecule has 0 spiro atoms. The van der Waals surface area contributed by atoms with Gasteiger partial charge in [-0.15, -0.1) is 0 Å². The molecule has 3 rings (SSSR count). The number of ether oxygens (including phenoxy) is 1. The van der Waals surface area contributed by atoms with Crippen molar-refractivity contribution < 1.29 is 14.3 Å². The predicted octanol–water partition coefficient (Wildman–Crippen LogP) is 4.44. The SMILES string of the molecule is COC(=O)c1cc(Cl)ccc1NC(=O)c1cccc(-c2ccncc2)c1. The molecule has 1 heterocycles. The highest BCUT2D eigenvalue weighted by Gasteiger charge is 2.16. The number of nitrogens with zero attached hydrogens (tertiary/aromatic N) is 1. The molecule has 6 heteroatoms. The molecule has 26 heavy (non-hydrogen) atoms. The van der Waals surface area contributed by atoms with Gasteiger partial charge >= 0.3 is 5.97 Å². The normalized spacial score (nSPS) is 10.2. The Kier molecular flexibility index (Phi) is 5.29. The first-order valence-corrected chi connectivity index (χ1v) is 8.16. The van der Waals surface area contributed by atoms with Gasteiger partial charge in [0.25, 0.3) is 5.91 Å². The molecule has 1 N–H and O–H groups in total. The van der Waals surface area contributed by atoms with Crippen LogP contribution in [-0.2, 0) is 4.74 Å². The minimum atomic E-state index is -0.576. The van der Waals surface area contributed by atoms with Crippen LogP contribution in [0.3, 0.4) is 0 Å². The first-order chi connectivity index (χ1) is 12.6. The molecule has 3 aromatic rings. The second-order valence-electron chi connectivity index (χ2n) is 5.45. The van der Waals surface area contributed by atoms with Crippen molar-refractivity contribution in [2.24, 2.45) is 0 Å². The minimum Gasteiger partial charge on any atom is -0.465 e. The summed E-state index contributed by atoms with van der Waals surface area (Å²) in [5.74, 6) is -0.915. The van der Waals surface area contributed by atoms with E-state index in [0.29, 0.717) is 16.3 Å². The predicted molar refractivity (Wildman–Crippen MR) is 100 cm³/mol. The quantitative estimate of drug-likeness (QED) is 0.693. The third-order valence-electron chi connectivity index (χ3n) is 3.77. The molecule has 2 aromatic carbocycles. The smallest absolute Gasteiger partial charge is 0.340 e. The molecule has 0 fully saturated rings. The number of esters is 1. The van der Waals surface area contributed by atoms with Crippen molar-refractivity contribution in [2.75, 3.05) is 12.4 Å². The van der Waals surface area contributed by atoms with E-state index < -0.39 is 5.97 Å². The van der Waals surface area contributed by atoms with Gasteiger partial charge in [0, 0.05) is 23.0 Å². The number of pyridine rings is 1. The standard InChI is InChI=1S/C20H15ClN2O3/c1-26-20(25)17-12-16(21)5-6-18(17)23-19(24)15-4-2-3-14(11-15)13-7-9-22-10-8-13/h2-12H,1H3,(H,23,24). The van der Waals surface area contributed by atoms with Gasteiger partial charge in [-0.2, -0.15) is 0 Å². The Balaban J connectivity index is 1.89. The highest BCUT2D eigenvalue weighted by Crippen LogP contribution is 2.24. The zero-order valence-corrected chi connectivity index (χ0v) is 14.7. The first kappa shape index (κ1) is 17.6. The molecular formula is C20H15ClN2O3. The van der Waals surface area contributed by atoms with Crippen molar-refractivity contribution in [3.63, 3.8) is 0 Å². The summed E-state index contributed by atoms with van der Waals surface area (Å²) in [6.45, 7) is 0. The van der Waals surface area contributed by atoms with Gasteiger partial charge in [-0.25, -0.2) is 4.79 Å². The van der Waals surface area contributed by atoms with Gasteiger partial charge in [-0.1, -0.05) is 23.7 Å². The van der Waals surface area contributed by atoms with Crippen molar-refractivity contribution in [2.45, 2.75) is 0 Å². The molecule has 5 nitrogen and oxygen atoms in total. The van der Waals surface area contributed by atoms with Crippen LogP contribution in [0, 0.1) is 0 Å². The van der Waals surface area contributed by atoms with E-state index in [1.165, 1.54) is 13.2 Å². The maximum atomic E-state index is 12.6. The lowest BCUT2D eigenvalue weighted by Gasteiger charge is -2.11. The van der Waals surface area contributed by atoms with Crippen molar-refractivity contribution in [1.29, 1.82) is 0 Å². The van der Waals surface area contributed by atoms with Crippen LogP contribution in [0.2, 0.25) is 5.02 Å². The molecule has 1 amide bonds. The maximum Gasteiger partial charge on any atom is 0.340 e. The van der Waals surface area contributed by atoms with Crippen LogP contribution in [-0.4, -0.2) is 24.0 Å². The average molecular weight is 367 g/mol. The summed E-state index contributed by atoms with van der Waals surface area (Å²) < 4.78 is 4.74. The minimum absolute atomic E-state index is 0.193. The van der Waals surface area contributed by atoms with Crippen LogP contribution >= 0.6 is 11.6 Å². The molecule has 0 radical (unpaired) electrons. The fourth-order valence-electron chi connectivity index (χ4n) is 2.48. The molecule has 0 atom stereocenters. The van der Waals surface area contributed by atoms with E-state index in [1.54, 1.807) is 42.7 Å². The molecule has 0 aliphatic rings. The molecule has 0 saturated heterocycles. The third kappa shape index (κ3) is 3.90. The lowest BCUT2D eigenvalue weighted by molar-refractivity contribution is 0.0602. The molecular weight excluding hydrogens is 352 g/mol. The number of nitrogens with one attached hydrogen (secondary N) is 1. The summed E-state index contributed by atoms with van der Waals surface area (Å²) >= 11 is 5.93. The number of hydrogen-bond acceptors (Lipinski definition) is 4. The summed E-state index contributed by atoms with van der Waals surface area (Å²) in [6, 6.07) is 15.5. The van der Waals surface area contributed by atoms with E-state index in [2.05, 4.69) is 10.3 Å². The second-order valence-corrected chi connectivity index (χ2v) is 5.89. The highest BCUT2D eigenvalue weighted by molar-refractivity contribution is 6.31. The number of anilines is 1. The van der Waals surface area contributed by atoms with E-state index in [9.17, 15) is 9.59 Å². The van der Waals surface area contributed by atoms with E-state index in [-0.39, 0.29) is 11.5 Å². The topological polar surface area (TPSA) is 68.3 Å². The maximum absolute atomic E-state index is 12.6. The Morgan fingerprint density at radius 2 is 1.77 bits per heavy atom. The van der Waals surface area contributed by atoms with Crippen molar-refractivity contribution in [1.82, 2.24) is 4.98 Å². The van der Waals surface area contributed by atoms with Gasteiger partial charge in [0.15, 0.2) is 0 Å². The van der Waals surface area contributed by atoms with E-state index in [0.717, 1.165) is 11.1 Å². The summed E-state index contributed by atoms with van der Waals surface area (Å²) in [5.41, 5.74) is 2.84. The Labute approximate surface area is 155 Å². The summed E-state index contributed by atoms with van der Waals surface area (Å²) in [5, 5.41) is 3.12. The summed E-state index contributed by atoms with van der Waals surface area (Å²) in [7, 11) is 1.27. The zero-order chi connectivity index (χ0) is 18.5. The number of carbonyl (C=O) groups is 2. The fourth-order valence-corrected chi connectivity index (χ4v) is 2.66. The van der Waals surface area contributed by atoms with Crippen LogP contribution in [0.1, 0.15) is 20.7 Å². The lowest BCUT2D eigenvalue weighted by atomic mass is 10.0. The molecule has 1 aromatic heterocycles. The van der Waals surface area contributed by atoms with Gasteiger partial charge in [-0.05, 0) is 53.6 Å². The Bertz CT molecular complexity index is 958. The van der Waals surface area contributed by atoms with Crippen LogP contribution in [0.4, 0.5) is 5.69 Å². The summed E-state index contributed by atoms with van der Waals surface area (Å²) in [4.78, 5) is 28.5. The molecule has 130 valence electrons. The van der Waals surface area contributed by atoms with E-state index in [4.69, 9.17) is 16.3 Å². The molecule has 0 unspecified atom stereocenters.